The standard InChI is InChI=1S/C19H26N4O3/c1-14(2)11-17(21-18(24)16-9-6-10-23(16)13-20)22-19(25)26-12-15-7-4-3-5-8-15/h3-5,7-8,14,16-17H,6,9-12H2,1-2H3,(H,21,24)(H,22,25)/t16-,17+/m0/s1. The molecule has 0 saturated carbocycles. The SMILES string of the molecule is CC(C)C[C@@H](NC(=O)OCc1ccccc1)NC(=O)[C@@H]1CCCN1C#N. The summed E-state index contributed by atoms with van der Waals surface area (Å²) in [4.78, 5) is 26.0. The van der Waals surface area contributed by atoms with Gasteiger partial charge in [-0.05, 0) is 30.7 Å². The fraction of sp³-hybridized carbons (Fsp3) is 0.526. The number of carbonyl (C=O) groups is 2. The van der Waals surface area contributed by atoms with Gasteiger partial charge in [-0.15, -0.1) is 0 Å². The van der Waals surface area contributed by atoms with Gasteiger partial charge in [0.1, 0.15) is 18.8 Å². The molecule has 2 rings (SSSR count). The van der Waals surface area contributed by atoms with Gasteiger partial charge < -0.3 is 15.4 Å². The summed E-state index contributed by atoms with van der Waals surface area (Å²) in [5.41, 5.74) is 0.891. The van der Waals surface area contributed by atoms with Crippen LogP contribution >= 0.6 is 0 Å². The Balaban J connectivity index is 1.88. The van der Waals surface area contributed by atoms with E-state index >= 15 is 0 Å². The smallest absolute Gasteiger partial charge is 0.409 e. The molecule has 0 radical (unpaired) electrons. The number of rotatable bonds is 7. The Hall–Kier alpha value is -2.75. The Morgan fingerprint density at radius 1 is 1.31 bits per heavy atom. The summed E-state index contributed by atoms with van der Waals surface area (Å²) in [6.45, 7) is 4.77. The van der Waals surface area contributed by atoms with Gasteiger partial charge in [0, 0.05) is 6.54 Å². The van der Waals surface area contributed by atoms with Crippen LogP contribution < -0.4 is 10.6 Å². The molecule has 0 unspecified atom stereocenters. The maximum Gasteiger partial charge on any atom is 0.409 e. The number of hydrogen-bond acceptors (Lipinski definition) is 5. The molecule has 1 aliphatic heterocycles. The minimum Gasteiger partial charge on any atom is -0.445 e. The molecule has 2 amide bonds. The van der Waals surface area contributed by atoms with Crippen molar-refractivity contribution in [2.75, 3.05) is 6.54 Å². The van der Waals surface area contributed by atoms with E-state index in [2.05, 4.69) is 10.6 Å². The fourth-order valence-corrected chi connectivity index (χ4v) is 2.96. The number of benzene rings is 1. The average molecular weight is 358 g/mol. The summed E-state index contributed by atoms with van der Waals surface area (Å²) < 4.78 is 5.23. The second-order valence-corrected chi connectivity index (χ2v) is 6.85. The minimum atomic E-state index is -0.580. The lowest BCUT2D eigenvalue weighted by Gasteiger charge is -2.25. The van der Waals surface area contributed by atoms with Gasteiger partial charge in [0.25, 0.3) is 0 Å². The van der Waals surface area contributed by atoms with Crippen molar-refractivity contribution in [1.82, 2.24) is 15.5 Å². The van der Waals surface area contributed by atoms with Gasteiger partial charge in [0.2, 0.25) is 5.91 Å². The van der Waals surface area contributed by atoms with Gasteiger partial charge in [-0.1, -0.05) is 44.2 Å². The summed E-state index contributed by atoms with van der Waals surface area (Å²) in [5.74, 6) is 0.0310. The summed E-state index contributed by atoms with van der Waals surface area (Å²) in [6.07, 6.45) is 2.97. The van der Waals surface area contributed by atoms with Crippen LogP contribution in [0, 0.1) is 17.4 Å². The summed E-state index contributed by atoms with van der Waals surface area (Å²) in [6, 6.07) is 8.93. The first-order chi connectivity index (χ1) is 12.5. The normalized spacial score (nSPS) is 17.5. The topological polar surface area (TPSA) is 94.5 Å². The van der Waals surface area contributed by atoms with Crippen molar-refractivity contribution in [3.63, 3.8) is 0 Å². The molecule has 2 N–H and O–H groups in total. The van der Waals surface area contributed by atoms with Gasteiger partial charge in [0.05, 0.1) is 0 Å². The molecular weight excluding hydrogens is 332 g/mol. The zero-order chi connectivity index (χ0) is 18.9. The number of ether oxygens (including phenoxy) is 1. The minimum absolute atomic E-state index is 0.167. The molecule has 1 aliphatic rings. The van der Waals surface area contributed by atoms with Gasteiger partial charge in [-0.2, -0.15) is 5.26 Å². The third-order valence-electron chi connectivity index (χ3n) is 4.21. The Morgan fingerprint density at radius 3 is 2.69 bits per heavy atom. The Kier molecular flexibility index (Phi) is 7.27. The van der Waals surface area contributed by atoms with Gasteiger partial charge in [0.15, 0.2) is 6.19 Å². The average Bonchev–Trinajstić information content (AvgIpc) is 3.09. The molecule has 140 valence electrons. The molecule has 1 heterocycles. The predicted octanol–water partition coefficient (Wildman–Crippen LogP) is 2.35. The molecule has 1 aromatic carbocycles. The molecular formula is C19H26N4O3. The molecule has 0 spiro atoms. The third-order valence-corrected chi connectivity index (χ3v) is 4.21. The molecule has 1 fully saturated rings. The van der Waals surface area contributed by atoms with Crippen LogP contribution in [0.25, 0.3) is 0 Å². The van der Waals surface area contributed by atoms with E-state index in [1.54, 1.807) is 0 Å². The van der Waals surface area contributed by atoms with Gasteiger partial charge in [-0.3, -0.25) is 9.69 Å². The van der Waals surface area contributed by atoms with Gasteiger partial charge >= 0.3 is 6.09 Å². The van der Waals surface area contributed by atoms with Crippen molar-refractivity contribution in [3.8, 4) is 6.19 Å². The van der Waals surface area contributed by atoms with Crippen molar-refractivity contribution in [2.45, 2.75) is 51.9 Å². The van der Waals surface area contributed by atoms with E-state index in [0.717, 1.165) is 12.0 Å². The molecule has 0 aliphatic carbocycles. The van der Waals surface area contributed by atoms with E-state index in [1.165, 1.54) is 4.90 Å². The van der Waals surface area contributed by atoms with Crippen molar-refractivity contribution in [1.29, 1.82) is 5.26 Å². The summed E-state index contributed by atoms with van der Waals surface area (Å²) in [5, 5.41) is 14.6. The lowest BCUT2D eigenvalue weighted by Crippen LogP contribution is -2.53. The zero-order valence-electron chi connectivity index (χ0n) is 15.3. The first-order valence-corrected chi connectivity index (χ1v) is 8.93. The number of hydrogen-bond donors (Lipinski definition) is 2. The van der Waals surface area contributed by atoms with Crippen molar-refractivity contribution < 1.29 is 14.3 Å². The highest BCUT2D eigenvalue weighted by Crippen LogP contribution is 2.16. The lowest BCUT2D eigenvalue weighted by molar-refractivity contribution is -0.125. The van der Waals surface area contributed by atoms with Crippen molar-refractivity contribution in [3.05, 3.63) is 35.9 Å². The predicted molar refractivity (Wildman–Crippen MR) is 96.5 cm³/mol. The number of likely N-dealkylation sites (tertiary alicyclic amines) is 1. The highest BCUT2D eigenvalue weighted by Gasteiger charge is 2.31. The number of carbonyl (C=O) groups excluding carboxylic acids is 2. The van der Waals surface area contributed by atoms with E-state index in [0.29, 0.717) is 19.4 Å². The van der Waals surface area contributed by atoms with E-state index in [4.69, 9.17) is 10.00 Å². The maximum absolute atomic E-state index is 12.5. The second kappa shape index (κ2) is 9.66. The maximum atomic E-state index is 12.5. The van der Waals surface area contributed by atoms with Gasteiger partial charge in [-0.25, -0.2) is 4.79 Å². The zero-order valence-corrected chi connectivity index (χ0v) is 15.3. The van der Waals surface area contributed by atoms with Crippen LogP contribution in [0.5, 0.6) is 0 Å². The van der Waals surface area contributed by atoms with E-state index in [-0.39, 0.29) is 18.4 Å². The van der Waals surface area contributed by atoms with E-state index in [9.17, 15) is 9.59 Å². The number of nitrogens with one attached hydrogen (secondary N) is 2. The molecule has 0 aromatic heterocycles. The van der Waals surface area contributed by atoms with Crippen LogP contribution in [0.2, 0.25) is 0 Å². The van der Waals surface area contributed by atoms with Crippen LogP contribution in [-0.2, 0) is 16.1 Å². The van der Waals surface area contributed by atoms with Crippen LogP contribution in [0.15, 0.2) is 30.3 Å². The largest absolute Gasteiger partial charge is 0.445 e. The molecule has 7 nitrogen and oxygen atoms in total. The number of nitriles is 1. The molecule has 1 aromatic rings. The van der Waals surface area contributed by atoms with E-state index in [1.807, 2.05) is 50.4 Å². The third kappa shape index (κ3) is 5.96. The first-order valence-electron chi connectivity index (χ1n) is 8.93. The number of amides is 2. The molecule has 2 atom stereocenters. The lowest BCUT2D eigenvalue weighted by atomic mass is 10.1. The Morgan fingerprint density at radius 2 is 2.04 bits per heavy atom. The van der Waals surface area contributed by atoms with Crippen LogP contribution in [-0.4, -0.2) is 35.7 Å². The van der Waals surface area contributed by atoms with Crippen LogP contribution in [0.4, 0.5) is 4.79 Å². The first kappa shape index (κ1) is 19.6. The summed E-state index contributed by atoms with van der Waals surface area (Å²) >= 11 is 0. The molecule has 1 saturated heterocycles. The monoisotopic (exact) mass is 358 g/mol. The van der Waals surface area contributed by atoms with E-state index < -0.39 is 18.3 Å². The highest BCUT2D eigenvalue weighted by molar-refractivity contribution is 5.83. The number of nitrogens with zero attached hydrogens (tertiary/aromatic N) is 2. The fourth-order valence-electron chi connectivity index (χ4n) is 2.96. The van der Waals surface area contributed by atoms with Crippen LogP contribution in [0.1, 0.15) is 38.7 Å². The number of alkyl carbamates (subject to hydrolysis) is 1. The summed E-state index contributed by atoms with van der Waals surface area (Å²) in [7, 11) is 0. The second-order valence-electron chi connectivity index (χ2n) is 6.85. The molecule has 26 heavy (non-hydrogen) atoms. The Labute approximate surface area is 154 Å². The van der Waals surface area contributed by atoms with Crippen LogP contribution in [0.3, 0.4) is 0 Å². The molecule has 7 heteroatoms. The molecule has 0 bridgehead atoms. The Bertz CT molecular complexity index is 642. The highest BCUT2D eigenvalue weighted by atomic mass is 16.5. The van der Waals surface area contributed by atoms with Crippen molar-refractivity contribution >= 4 is 12.0 Å². The van der Waals surface area contributed by atoms with Crippen molar-refractivity contribution in [2.24, 2.45) is 5.92 Å². The quantitative estimate of drug-likeness (QED) is 0.576.